The minimum absolute atomic E-state index is 1.04. The molecule has 4 rings (SSSR count). The summed E-state index contributed by atoms with van der Waals surface area (Å²) in [4.78, 5) is 2.66. The van der Waals surface area contributed by atoms with Gasteiger partial charge >= 0.3 is 0 Å². The first-order valence-corrected chi connectivity index (χ1v) is 8.31. The van der Waals surface area contributed by atoms with Gasteiger partial charge in [-0.2, -0.15) is 8.75 Å². The van der Waals surface area contributed by atoms with Crippen LogP contribution in [0.15, 0.2) is 24.3 Å². The summed E-state index contributed by atoms with van der Waals surface area (Å²) in [6.45, 7) is 4.25. The molecule has 5 heteroatoms. The van der Waals surface area contributed by atoms with Gasteiger partial charge in [-0.05, 0) is 31.5 Å². The number of nitrogens with zero attached hydrogens (tertiary/aromatic N) is 2. The zero-order valence-corrected chi connectivity index (χ0v) is 12.9. The average Bonchev–Trinajstić information content (AvgIpc) is 3.03. The van der Waals surface area contributed by atoms with Crippen molar-refractivity contribution >= 4 is 54.8 Å². The van der Waals surface area contributed by atoms with E-state index in [0.717, 1.165) is 11.0 Å². The standard InChI is InChI=1S/C14H10N2S3/c1-7-3-4-9(14-13(7)15-19-16-14)10-6-12-11(18-10)5-8(2)17-12/h3-6H,1-2H3. The third-order valence-electron chi connectivity index (χ3n) is 3.21. The van der Waals surface area contributed by atoms with Crippen molar-refractivity contribution in [3.8, 4) is 10.4 Å². The highest BCUT2D eigenvalue weighted by molar-refractivity contribution is 7.29. The van der Waals surface area contributed by atoms with Gasteiger partial charge in [0.15, 0.2) is 0 Å². The van der Waals surface area contributed by atoms with Crippen LogP contribution in [-0.2, 0) is 0 Å². The lowest BCUT2D eigenvalue weighted by atomic mass is 10.1. The van der Waals surface area contributed by atoms with Crippen LogP contribution in [0.4, 0.5) is 0 Å². The molecule has 4 aromatic rings. The molecule has 0 bridgehead atoms. The molecule has 0 spiro atoms. The zero-order valence-electron chi connectivity index (χ0n) is 10.4. The molecular formula is C14H10N2S3. The number of aromatic nitrogens is 2. The number of thiophene rings is 2. The molecule has 0 amide bonds. The summed E-state index contributed by atoms with van der Waals surface area (Å²) < 4.78 is 11.6. The van der Waals surface area contributed by atoms with E-state index in [2.05, 4.69) is 46.9 Å². The van der Waals surface area contributed by atoms with Gasteiger partial charge in [0.25, 0.3) is 0 Å². The second-order valence-electron chi connectivity index (χ2n) is 4.59. The van der Waals surface area contributed by atoms with E-state index in [0.29, 0.717) is 0 Å². The molecule has 0 unspecified atom stereocenters. The molecule has 2 nitrogen and oxygen atoms in total. The van der Waals surface area contributed by atoms with Crippen LogP contribution in [0.3, 0.4) is 0 Å². The normalized spacial score (nSPS) is 11.7. The smallest absolute Gasteiger partial charge is 0.113 e. The summed E-state index contributed by atoms with van der Waals surface area (Å²) in [7, 11) is 0. The Morgan fingerprint density at radius 3 is 2.53 bits per heavy atom. The molecule has 1 aromatic carbocycles. The Bertz CT molecular complexity index is 866. The predicted molar refractivity (Wildman–Crippen MR) is 85.6 cm³/mol. The summed E-state index contributed by atoms with van der Waals surface area (Å²) in [6.07, 6.45) is 0. The molecule has 0 aliphatic rings. The van der Waals surface area contributed by atoms with Gasteiger partial charge in [0, 0.05) is 24.7 Å². The van der Waals surface area contributed by atoms with Crippen molar-refractivity contribution in [3.05, 3.63) is 34.7 Å². The third-order valence-corrected chi connectivity index (χ3v) is 5.98. The van der Waals surface area contributed by atoms with Crippen molar-refractivity contribution in [2.45, 2.75) is 13.8 Å². The van der Waals surface area contributed by atoms with Crippen molar-refractivity contribution in [1.29, 1.82) is 0 Å². The van der Waals surface area contributed by atoms with Gasteiger partial charge in [-0.3, -0.25) is 0 Å². The fourth-order valence-electron chi connectivity index (χ4n) is 2.28. The number of rotatable bonds is 1. The Labute approximate surface area is 122 Å². The highest BCUT2D eigenvalue weighted by Crippen LogP contribution is 2.40. The van der Waals surface area contributed by atoms with Crippen LogP contribution < -0.4 is 0 Å². The summed E-state index contributed by atoms with van der Waals surface area (Å²) in [5, 5.41) is 0. The summed E-state index contributed by atoms with van der Waals surface area (Å²) in [6, 6.07) is 8.85. The molecule has 19 heavy (non-hydrogen) atoms. The summed E-state index contributed by atoms with van der Waals surface area (Å²) in [5.74, 6) is 0. The minimum atomic E-state index is 1.04. The highest BCUT2D eigenvalue weighted by atomic mass is 32.1. The maximum absolute atomic E-state index is 4.47. The average molecular weight is 302 g/mol. The number of hydrogen-bond acceptors (Lipinski definition) is 5. The second-order valence-corrected chi connectivity index (χ2v) is 7.49. The Balaban J connectivity index is 2.00. The lowest BCUT2D eigenvalue weighted by Gasteiger charge is -2.00. The molecular weight excluding hydrogens is 292 g/mol. The van der Waals surface area contributed by atoms with Gasteiger partial charge in [0.05, 0.1) is 11.7 Å². The number of fused-ring (bicyclic) bond motifs is 2. The summed E-state index contributed by atoms with van der Waals surface area (Å²) in [5.41, 5.74) is 4.48. The van der Waals surface area contributed by atoms with E-state index in [1.54, 1.807) is 0 Å². The predicted octanol–water partition coefficient (Wildman–Crippen LogP) is 5.25. The fourth-order valence-corrected chi connectivity index (χ4v) is 5.24. The van der Waals surface area contributed by atoms with Crippen molar-refractivity contribution < 1.29 is 0 Å². The quantitative estimate of drug-likeness (QED) is 0.480. The second kappa shape index (κ2) is 4.10. The Morgan fingerprint density at radius 2 is 1.68 bits per heavy atom. The Kier molecular flexibility index (Phi) is 2.48. The Morgan fingerprint density at radius 1 is 0.895 bits per heavy atom. The van der Waals surface area contributed by atoms with Gasteiger partial charge in [0.2, 0.25) is 0 Å². The molecule has 3 heterocycles. The van der Waals surface area contributed by atoms with E-state index in [1.807, 2.05) is 22.7 Å². The van der Waals surface area contributed by atoms with Gasteiger partial charge in [-0.15, -0.1) is 22.7 Å². The SMILES string of the molecule is Cc1cc2sc(-c3ccc(C)c4nsnc34)cc2s1. The fraction of sp³-hybridized carbons (Fsp3) is 0.143. The molecule has 0 aliphatic carbocycles. The lowest BCUT2D eigenvalue weighted by molar-refractivity contribution is 1.48. The maximum atomic E-state index is 4.47. The number of hydrogen-bond donors (Lipinski definition) is 0. The topological polar surface area (TPSA) is 25.8 Å². The number of benzene rings is 1. The van der Waals surface area contributed by atoms with Crippen LogP contribution >= 0.6 is 34.4 Å². The lowest BCUT2D eigenvalue weighted by Crippen LogP contribution is -1.80. The van der Waals surface area contributed by atoms with Crippen LogP contribution in [0.5, 0.6) is 0 Å². The molecule has 0 saturated carbocycles. The van der Waals surface area contributed by atoms with E-state index in [9.17, 15) is 0 Å². The van der Waals surface area contributed by atoms with Crippen LogP contribution in [0, 0.1) is 13.8 Å². The van der Waals surface area contributed by atoms with E-state index in [4.69, 9.17) is 0 Å². The molecule has 0 N–H and O–H groups in total. The van der Waals surface area contributed by atoms with Crippen molar-refractivity contribution in [3.63, 3.8) is 0 Å². The Hall–Kier alpha value is -1.30. The maximum Gasteiger partial charge on any atom is 0.113 e. The molecule has 0 aliphatic heterocycles. The van der Waals surface area contributed by atoms with E-state index in [-0.39, 0.29) is 0 Å². The van der Waals surface area contributed by atoms with Gasteiger partial charge in [-0.1, -0.05) is 12.1 Å². The molecule has 0 atom stereocenters. The first kappa shape index (κ1) is 11.5. The van der Waals surface area contributed by atoms with Gasteiger partial charge in [0.1, 0.15) is 11.0 Å². The first-order valence-electron chi connectivity index (χ1n) is 5.94. The van der Waals surface area contributed by atoms with Gasteiger partial charge in [-0.25, -0.2) is 0 Å². The molecule has 3 aromatic heterocycles. The monoisotopic (exact) mass is 302 g/mol. The van der Waals surface area contributed by atoms with Crippen molar-refractivity contribution in [2.75, 3.05) is 0 Å². The molecule has 94 valence electrons. The van der Waals surface area contributed by atoms with Crippen molar-refractivity contribution in [1.82, 2.24) is 8.75 Å². The van der Waals surface area contributed by atoms with Crippen LogP contribution in [0.1, 0.15) is 10.4 Å². The van der Waals surface area contributed by atoms with E-state index >= 15 is 0 Å². The zero-order chi connectivity index (χ0) is 13.0. The minimum Gasteiger partial charge on any atom is -0.173 e. The van der Waals surface area contributed by atoms with Crippen LogP contribution in [0.25, 0.3) is 30.9 Å². The first-order chi connectivity index (χ1) is 9.22. The molecule has 0 fully saturated rings. The van der Waals surface area contributed by atoms with Crippen LogP contribution in [-0.4, -0.2) is 8.75 Å². The third kappa shape index (κ3) is 1.73. The van der Waals surface area contributed by atoms with Gasteiger partial charge < -0.3 is 0 Å². The van der Waals surface area contributed by atoms with E-state index in [1.165, 1.54) is 42.0 Å². The van der Waals surface area contributed by atoms with Crippen LogP contribution in [0.2, 0.25) is 0 Å². The highest BCUT2D eigenvalue weighted by Gasteiger charge is 2.13. The van der Waals surface area contributed by atoms with Crippen molar-refractivity contribution in [2.24, 2.45) is 0 Å². The summed E-state index contributed by atoms with van der Waals surface area (Å²) >= 11 is 4.99. The molecule has 0 radical (unpaired) electrons. The number of aryl methyl sites for hydroxylation is 2. The largest absolute Gasteiger partial charge is 0.173 e. The van der Waals surface area contributed by atoms with E-state index < -0.39 is 0 Å². The molecule has 0 saturated heterocycles.